The van der Waals surface area contributed by atoms with E-state index in [0.29, 0.717) is 51.5 Å². The number of aromatic amines is 2. The van der Waals surface area contributed by atoms with Gasteiger partial charge in [0.25, 0.3) is 11.8 Å². The lowest BCUT2D eigenvalue weighted by molar-refractivity contribution is -0.147. The number of allylic oxidation sites excluding steroid dienone is 2. The van der Waals surface area contributed by atoms with Gasteiger partial charge in [-0.15, -0.1) is 0 Å². The highest BCUT2D eigenvalue weighted by molar-refractivity contribution is 6.02. The van der Waals surface area contributed by atoms with E-state index < -0.39 is 22.8 Å². The Labute approximate surface area is 275 Å². The lowest BCUT2D eigenvalue weighted by atomic mass is 9.82. The normalized spacial score (nSPS) is 17.2. The van der Waals surface area contributed by atoms with Crippen LogP contribution in [-0.2, 0) is 38.4 Å². The molecule has 0 spiro atoms. The number of carboxylic acid groups (broad SMARTS) is 2. The summed E-state index contributed by atoms with van der Waals surface area (Å²) in [5, 5.41) is 25.8. The molecule has 2 aromatic heterocycles. The lowest BCUT2D eigenvalue weighted by Crippen LogP contribution is -2.27. The molecule has 2 aliphatic rings. The quantitative estimate of drug-likeness (QED) is 0.172. The Kier molecular flexibility index (Phi) is 9.30. The lowest BCUT2D eigenvalue weighted by Gasteiger charge is -2.21. The van der Waals surface area contributed by atoms with Gasteiger partial charge >= 0.3 is 11.9 Å². The van der Waals surface area contributed by atoms with E-state index in [-0.39, 0.29) is 24.7 Å². The van der Waals surface area contributed by atoms with Gasteiger partial charge in [-0.1, -0.05) is 25.3 Å². The Bertz CT molecular complexity index is 1730. The summed E-state index contributed by atoms with van der Waals surface area (Å²) in [6.07, 6.45) is 7.69. The van der Waals surface area contributed by atoms with Crippen LogP contribution in [0.3, 0.4) is 0 Å². The number of hydrogen-bond donors (Lipinski definition) is 6. The van der Waals surface area contributed by atoms with Gasteiger partial charge in [-0.25, -0.2) is 0 Å². The molecule has 248 valence electrons. The van der Waals surface area contributed by atoms with Crippen LogP contribution in [0, 0.1) is 24.7 Å². The average molecular weight is 641 g/mol. The van der Waals surface area contributed by atoms with Crippen LogP contribution in [0.5, 0.6) is 0 Å². The summed E-state index contributed by atoms with van der Waals surface area (Å²) in [6, 6.07) is 0. The van der Waals surface area contributed by atoms with Crippen molar-refractivity contribution in [3.63, 3.8) is 0 Å². The number of hydrogen-bond acceptors (Lipinski definition) is 4. The number of carbonyl (C=O) groups excluding carboxylic acids is 2. The van der Waals surface area contributed by atoms with Crippen molar-refractivity contribution in [2.75, 3.05) is 0 Å². The molecule has 0 atom stereocenters. The van der Waals surface area contributed by atoms with Crippen molar-refractivity contribution in [3.8, 4) is 0 Å². The number of aliphatic carboxylic acids is 2. The SMILES string of the molecule is C=CC1=C(C)C(=O)N/C1=C\c1[nH]c(Cc2[nH]c(/C=C3\NC(=O)C(C)=C3C=C)c(C)c2CC(C)(C)C(=O)O)c(CC(C)(C)C(=O)O)c1C. The first-order valence-corrected chi connectivity index (χ1v) is 15.4. The molecule has 10 heteroatoms. The molecule has 0 unspecified atom stereocenters. The smallest absolute Gasteiger partial charge is 0.309 e. The van der Waals surface area contributed by atoms with E-state index >= 15 is 0 Å². The van der Waals surface area contributed by atoms with Crippen LogP contribution >= 0.6 is 0 Å². The molecule has 0 aliphatic carbocycles. The summed E-state index contributed by atoms with van der Waals surface area (Å²) >= 11 is 0. The zero-order valence-corrected chi connectivity index (χ0v) is 28.4. The standard InChI is InChI=1S/C37H44N4O6/c1-11-22-20(5)32(42)40-28(22)13-26-18(3)24(16-36(7,8)34(44)45)30(38-26)15-31-25(17-37(9,10)35(46)47)19(4)27(39-31)14-29-23(12-2)21(6)33(43)41-29/h11-14,38-39H,1-2,15-17H2,3-10H3,(H,40,42)(H,41,43)(H,44,45)(H,46,47)/b28-13-,29-14-. The molecule has 2 aliphatic heterocycles. The predicted molar refractivity (Wildman–Crippen MR) is 182 cm³/mol. The third-order valence-corrected chi connectivity index (χ3v) is 9.31. The van der Waals surface area contributed by atoms with E-state index in [9.17, 15) is 29.4 Å². The second-order valence-corrected chi connectivity index (χ2v) is 13.7. The van der Waals surface area contributed by atoms with Gasteiger partial charge in [0, 0.05) is 51.5 Å². The fraction of sp³-hybridized carbons (Fsp3) is 0.351. The van der Waals surface area contributed by atoms with E-state index in [2.05, 4.69) is 33.8 Å². The van der Waals surface area contributed by atoms with Crippen LogP contribution in [-0.4, -0.2) is 43.9 Å². The number of carboxylic acids is 2. The maximum Gasteiger partial charge on any atom is 0.309 e. The summed E-state index contributed by atoms with van der Waals surface area (Å²) in [7, 11) is 0. The van der Waals surface area contributed by atoms with Crippen molar-refractivity contribution < 1.29 is 29.4 Å². The summed E-state index contributed by atoms with van der Waals surface area (Å²) in [5.41, 5.74) is 7.78. The number of nitrogens with one attached hydrogen (secondary N) is 4. The maximum absolute atomic E-state index is 12.4. The van der Waals surface area contributed by atoms with Crippen molar-refractivity contribution in [1.29, 1.82) is 0 Å². The molecular weight excluding hydrogens is 596 g/mol. The summed E-state index contributed by atoms with van der Waals surface area (Å²) in [6.45, 7) is 21.7. The summed E-state index contributed by atoms with van der Waals surface area (Å²) < 4.78 is 0. The van der Waals surface area contributed by atoms with Crippen LogP contribution in [0.4, 0.5) is 0 Å². The van der Waals surface area contributed by atoms with Crippen LogP contribution < -0.4 is 10.6 Å². The fourth-order valence-electron chi connectivity index (χ4n) is 5.98. The monoisotopic (exact) mass is 640 g/mol. The number of carbonyl (C=O) groups is 4. The fourth-order valence-corrected chi connectivity index (χ4v) is 5.98. The summed E-state index contributed by atoms with van der Waals surface area (Å²) in [4.78, 5) is 56.3. The molecule has 4 heterocycles. The van der Waals surface area contributed by atoms with Crippen molar-refractivity contribution >= 4 is 35.9 Å². The highest BCUT2D eigenvalue weighted by Gasteiger charge is 2.33. The molecule has 2 aromatic rings. The first-order valence-electron chi connectivity index (χ1n) is 15.4. The van der Waals surface area contributed by atoms with Gasteiger partial charge in [-0.3, -0.25) is 19.2 Å². The van der Waals surface area contributed by atoms with E-state index in [1.807, 2.05) is 26.0 Å². The van der Waals surface area contributed by atoms with Gasteiger partial charge in [0.2, 0.25) is 0 Å². The first-order chi connectivity index (χ1) is 21.8. The first kappa shape index (κ1) is 34.7. The molecule has 0 fully saturated rings. The Morgan fingerprint density at radius 3 is 1.32 bits per heavy atom. The van der Waals surface area contributed by atoms with Gasteiger partial charge in [-0.05, 0) is 103 Å². The molecule has 0 aromatic carbocycles. The molecule has 10 nitrogen and oxygen atoms in total. The molecule has 47 heavy (non-hydrogen) atoms. The zero-order valence-electron chi connectivity index (χ0n) is 28.4. The Morgan fingerprint density at radius 2 is 1.02 bits per heavy atom. The second-order valence-electron chi connectivity index (χ2n) is 13.7. The molecule has 2 amide bonds. The average Bonchev–Trinajstić information content (AvgIpc) is 3.62. The van der Waals surface area contributed by atoms with Crippen molar-refractivity contribution in [1.82, 2.24) is 20.6 Å². The van der Waals surface area contributed by atoms with E-state index in [0.717, 1.165) is 33.6 Å². The van der Waals surface area contributed by atoms with Crippen molar-refractivity contribution in [3.05, 3.63) is 104 Å². The number of H-pyrrole nitrogens is 2. The zero-order chi connectivity index (χ0) is 35.2. The van der Waals surface area contributed by atoms with Crippen molar-refractivity contribution in [2.24, 2.45) is 10.8 Å². The van der Waals surface area contributed by atoms with Crippen LogP contribution in [0.25, 0.3) is 12.2 Å². The minimum absolute atomic E-state index is 0.208. The molecule has 0 saturated carbocycles. The predicted octanol–water partition coefficient (Wildman–Crippen LogP) is 5.80. The molecule has 0 bridgehead atoms. The minimum atomic E-state index is -1.09. The number of rotatable bonds is 12. The Morgan fingerprint density at radius 1 is 0.681 bits per heavy atom. The van der Waals surface area contributed by atoms with Gasteiger partial charge in [0.15, 0.2) is 0 Å². The van der Waals surface area contributed by atoms with Crippen molar-refractivity contribution in [2.45, 2.75) is 74.7 Å². The van der Waals surface area contributed by atoms with Crippen LogP contribution in [0.15, 0.2) is 59.0 Å². The van der Waals surface area contributed by atoms with E-state index in [4.69, 9.17) is 0 Å². The topological polar surface area (TPSA) is 164 Å². The molecule has 0 radical (unpaired) electrons. The van der Waals surface area contributed by atoms with Gasteiger partial charge in [-0.2, -0.15) is 0 Å². The Hall–Kier alpha value is -5.12. The number of aromatic nitrogens is 2. The van der Waals surface area contributed by atoms with Crippen LogP contribution in [0.2, 0.25) is 0 Å². The molecule has 0 saturated heterocycles. The second kappa shape index (κ2) is 12.6. The number of amides is 2. The Balaban J connectivity index is 1.91. The highest BCUT2D eigenvalue weighted by Crippen LogP contribution is 2.35. The van der Waals surface area contributed by atoms with Gasteiger partial charge in [0.1, 0.15) is 0 Å². The van der Waals surface area contributed by atoms with E-state index in [1.165, 1.54) is 0 Å². The van der Waals surface area contributed by atoms with Gasteiger partial charge < -0.3 is 30.8 Å². The molecule has 6 N–H and O–H groups in total. The summed E-state index contributed by atoms with van der Waals surface area (Å²) in [5.74, 6) is -2.29. The molecule has 4 rings (SSSR count). The molecular formula is C37H44N4O6. The largest absolute Gasteiger partial charge is 0.481 e. The highest BCUT2D eigenvalue weighted by atomic mass is 16.4. The van der Waals surface area contributed by atoms with Crippen LogP contribution in [0.1, 0.15) is 86.6 Å². The maximum atomic E-state index is 12.4. The van der Waals surface area contributed by atoms with E-state index in [1.54, 1.807) is 53.7 Å². The minimum Gasteiger partial charge on any atom is -0.481 e. The van der Waals surface area contributed by atoms with Gasteiger partial charge in [0.05, 0.1) is 22.2 Å². The third kappa shape index (κ3) is 6.58. The third-order valence-electron chi connectivity index (χ3n) is 9.31.